The lowest BCUT2D eigenvalue weighted by Gasteiger charge is -2.22. The van der Waals surface area contributed by atoms with Crippen molar-refractivity contribution in [3.63, 3.8) is 0 Å². The molecule has 1 saturated carbocycles. The fourth-order valence-electron chi connectivity index (χ4n) is 3.74. The summed E-state index contributed by atoms with van der Waals surface area (Å²) in [7, 11) is 0. The number of fused-ring (bicyclic) bond motifs is 2. The fraction of sp³-hybridized carbons (Fsp3) is 0.273. The van der Waals surface area contributed by atoms with Crippen molar-refractivity contribution in [2.24, 2.45) is 0 Å². The Hall–Kier alpha value is -2.66. The molecule has 1 aliphatic carbocycles. The second-order valence-electron chi connectivity index (χ2n) is 7.06. The number of anilines is 1. The summed E-state index contributed by atoms with van der Waals surface area (Å²) >= 11 is 1.70. The lowest BCUT2D eigenvalue weighted by Crippen LogP contribution is -2.21. The van der Waals surface area contributed by atoms with E-state index in [0.717, 1.165) is 37.8 Å². The van der Waals surface area contributed by atoms with Crippen molar-refractivity contribution < 1.29 is 4.74 Å². The Labute approximate surface area is 162 Å². The molecule has 0 bridgehead atoms. The number of nitrogens with zero attached hydrogens (tertiary/aromatic N) is 2. The number of hydrogen-bond donors (Lipinski definition) is 1. The van der Waals surface area contributed by atoms with Crippen LogP contribution in [0.2, 0.25) is 0 Å². The molecule has 4 aromatic rings. The van der Waals surface area contributed by atoms with Gasteiger partial charge in [0.15, 0.2) is 5.13 Å². The first-order valence-corrected chi connectivity index (χ1v) is 10.4. The zero-order chi connectivity index (χ0) is 18.1. The first kappa shape index (κ1) is 16.5. The van der Waals surface area contributed by atoms with E-state index >= 15 is 0 Å². The van der Waals surface area contributed by atoms with Gasteiger partial charge in [-0.05, 0) is 43.2 Å². The van der Waals surface area contributed by atoms with Crippen LogP contribution in [0.15, 0.2) is 54.7 Å². The van der Waals surface area contributed by atoms with Gasteiger partial charge in [-0.3, -0.25) is 4.98 Å². The number of thiazole rings is 1. The molecule has 2 aromatic heterocycles. The minimum atomic E-state index is 0.568. The monoisotopic (exact) mass is 375 g/mol. The van der Waals surface area contributed by atoms with Crippen LogP contribution in [0.3, 0.4) is 0 Å². The number of benzene rings is 2. The van der Waals surface area contributed by atoms with Crippen LogP contribution in [-0.4, -0.2) is 16.0 Å². The van der Waals surface area contributed by atoms with Crippen LogP contribution in [0.25, 0.3) is 21.1 Å². The van der Waals surface area contributed by atoms with Gasteiger partial charge in [-0.15, -0.1) is 0 Å². The molecule has 1 aliphatic rings. The summed E-state index contributed by atoms with van der Waals surface area (Å²) in [4.78, 5) is 9.14. The molecule has 0 spiro atoms. The van der Waals surface area contributed by atoms with Gasteiger partial charge in [-0.1, -0.05) is 42.7 Å². The highest BCUT2D eigenvalue weighted by atomic mass is 32.1. The van der Waals surface area contributed by atoms with Crippen molar-refractivity contribution in [3.8, 4) is 11.5 Å². The Morgan fingerprint density at radius 3 is 2.78 bits per heavy atom. The minimum absolute atomic E-state index is 0.568. The molecule has 1 fully saturated rings. The highest BCUT2D eigenvalue weighted by Crippen LogP contribution is 2.34. The van der Waals surface area contributed by atoms with E-state index in [0.29, 0.717) is 6.04 Å². The quantitative estimate of drug-likeness (QED) is 0.449. The van der Waals surface area contributed by atoms with Gasteiger partial charge in [0.1, 0.15) is 11.5 Å². The molecular weight excluding hydrogens is 354 g/mol. The molecule has 4 nitrogen and oxygen atoms in total. The molecule has 2 heterocycles. The average Bonchev–Trinajstić information content (AvgIpc) is 3.10. The molecule has 5 heteroatoms. The van der Waals surface area contributed by atoms with Crippen molar-refractivity contribution in [1.29, 1.82) is 0 Å². The zero-order valence-electron chi connectivity index (χ0n) is 15.0. The summed E-state index contributed by atoms with van der Waals surface area (Å²) < 4.78 is 7.32. The Bertz CT molecular complexity index is 1080. The number of para-hydroxylation sites is 1. The maximum absolute atomic E-state index is 6.18. The van der Waals surface area contributed by atoms with E-state index in [1.165, 1.54) is 32.1 Å². The van der Waals surface area contributed by atoms with Crippen LogP contribution < -0.4 is 10.1 Å². The van der Waals surface area contributed by atoms with Crippen LogP contribution >= 0.6 is 11.3 Å². The van der Waals surface area contributed by atoms with E-state index in [9.17, 15) is 0 Å². The lowest BCUT2D eigenvalue weighted by atomic mass is 9.96. The topological polar surface area (TPSA) is 47.0 Å². The molecule has 2 aromatic carbocycles. The van der Waals surface area contributed by atoms with Gasteiger partial charge in [0.25, 0.3) is 0 Å². The Morgan fingerprint density at radius 2 is 1.85 bits per heavy atom. The maximum atomic E-state index is 6.18. The number of rotatable bonds is 4. The van der Waals surface area contributed by atoms with Crippen LogP contribution in [0.5, 0.6) is 11.5 Å². The largest absolute Gasteiger partial charge is 0.457 e. The number of hydrogen-bond acceptors (Lipinski definition) is 5. The van der Waals surface area contributed by atoms with Crippen LogP contribution in [0.1, 0.15) is 32.1 Å². The fourth-order valence-corrected chi connectivity index (χ4v) is 4.71. The second kappa shape index (κ2) is 7.16. The van der Waals surface area contributed by atoms with E-state index in [-0.39, 0.29) is 0 Å². The summed E-state index contributed by atoms with van der Waals surface area (Å²) in [6.45, 7) is 0. The highest BCUT2D eigenvalue weighted by Gasteiger charge is 2.15. The Balaban J connectivity index is 1.40. The predicted octanol–water partition coefficient (Wildman–Crippen LogP) is 6.38. The maximum Gasteiger partial charge on any atom is 0.184 e. The molecular formula is C22H21N3OS. The third-order valence-corrected chi connectivity index (χ3v) is 6.08. The molecule has 1 N–H and O–H groups in total. The van der Waals surface area contributed by atoms with E-state index in [1.807, 2.05) is 42.5 Å². The smallest absolute Gasteiger partial charge is 0.184 e. The van der Waals surface area contributed by atoms with Gasteiger partial charge in [0, 0.05) is 23.7 Å². The molecule has 0 unspecified atom stereocenters. The van der Waals surface area contributed by atoms with Crippen LogP contribution in [0, 0.1) is 0 Å². The molecule has 0 atom stereocenters. The summed E-state index contributed by atoms with van der Waals surface area (Å²) in [6, 6.07) is 16.6. The van der Waals surface area contributed by atoms with E-state index in [4.69, 9.17) is 9.72 Å². The average molecular weight is 375 g/mol. The SMILES string of the molecule is c1ccc2c(Oc3ccc4nc(NC5CCCCC5)sc4c3)ccnc2c1. The third kappa shape index (κ3) is 3.47. The predicted molar refractivity (Wildman–Crippen MR) is 112 cm³/mol. The van der Waals surface area contributed by atoms with Crippen LogP contribution in [0.4, 0.5) is 5.13 Å². The molecule has 0 aliphatic heterocycles. The zero-order valence-corrected chi connectivity index (χ0v) is 15.8. The van der Waals surface area contributed by atoms with E-state index in [1.54, 1.807) is 17.5 Å². The van der Waals surface area contributed by atoms with Gasteiger partial charge < -0.3 is 10.1 Å². The molecule has 0 radical (unpaired) electrons. The van der Waals surface area contributed by atoms with Crippen molar-refractivity contribution in [2.45, 2.75) is 38.1 Å². The molecule has 5 rings (SSSR count). The summed E-state index contributed by atoms with van der Waals surface area (Å²) in [5.74, 6) is 1.65. The van der Waals surface area contributed by atoms with Gasteiger partial charge in [-0.25, -0.2) is 4.98 Å². The van der Waals surface area contributed by atoms with Crippen molar-refractivity contribution in [2.75, 3.05) is 5.32 Å². The Morgan fingerprint density at radius 1 is 0.963 bits per heavy atom. The minimum Gasteiger partial charge on any atom is -0.457 e. The third-order valence-electron chi connectivity index (χ3n) is 5.13. The highest BCUT2D eigenvalue weighted by molar-refractivity contribution is 7.22. The number of aromatic nitrogens is 2. The number of ether oxygens (including phenoxy) is 1. The van der Waals surface area contributed by atoms with Crippen molar-refractivity contribution in [1.82, 2.24) is 9.97 Å². The van der Waals surface area contributed by atoms with E-state index in [2.05, 4.69) is 16.4 Å². The van der Waals surface area contributed by atoms with Crippen molar-refractivity contribution >= 4 is 37.6 Å². The van der Waals surface area contributed by atoms with E-state index < -0.39 is 0 Å². The molecule has 0 amide bonds. The van der Waals surface area contributed by atoms with Gasteiger partial charge in [0.05, 0.1) is 15.7 Å². The lowest BCUT2D eigenvalue weighted by molar-refractivity contribution is 0.462. The molecule has 27 heavy (non-hydrogen) atoms. The van der Waals surface area contributed by atoms with Gasteiger partial charge in [-0.2, -0.15) is 0 Å². The standard InChI is InChI=1S/C22H21N3OS/c1-2-6-15(7-3-1)24-22-25-19-11-10-16(14-21(19)27-22)26-20-12-13-23-18-9-5-4-8-17(18)20/h4-5,8-15H,1-3,6-7H2,(H,24,25). The van der Waals surface area contributed by atoms with Gasteiger partial charge in [0.2, 0.25) is 0 Å². The number of pyridine rings is 1. The molecule has 0 saturated heterocycles. The second-order valence-corrected chi connectivity index (χ2v) is 8.09. The number of nitrogens with one attached hydrogen (secondary N) is 1. The van der Waals surface area contributed by atoms with Gasteiger partial charge >= 0.3 is 0 Å². The Kier molecular flexibility index (Phi) is 4.38. The summed E-state index contributed by atoms with van der Waals surface area (Å²) in [6.07, 6.45) is 8.29. The van der Waals surface area contributed by atoms with Crippen LogP contribution in [-0.2, 0) is 0 Å². The summed E-state index contributed by atoms with van der Waals surface area (Å²) in [5.41, 5.74) is 1.96. The first-order chi connectivity index (χ1) is 13.3. The van der Waals surface area contributed by atoms with Crippen molar-refractivity contribution in [3.05, 3.63) is 54.7 Å². The summed E-state index contributed by atoms with van der Waals surface area (Å²) in [5, 5.41) is 5.66. The normalized spacial score (nSPS) is 15.3. The molecule has 136 valence electrons. The first-order valence-electron chi connectivity index (χ1n) is 9.54.